The summed E-state index contributed by atoms with van der Waals surface area (Å²) in [5.74, 6) is -0.413. The maximum Gasteiger partial charge on any atom is 0.242 e. The first-order chi connectivity index (χ1) is 10.6. The first-order valence-corrected chi connectivity index (χ1v) is 7.32. The highest BCUT2D eigenvalue weighted by atomic mass is 35.5. The fourth-order valence-corrected chi connectivity index (χ4v) is 2.63. The number of hydrogen-bond acceptors (Lipinski definition) is 3. The predicted octanol–water partition coefficient (Wildman–Crippen LogP) is 3.03. The summed E-state index contributed by atoms with van der Waals surface area (Å²) in [6.07, 6.45) is 0.581. The number of hydrazine groups is 1. The molecule has 1 amide bonds. The van der Waals surface area contributed by atoms with Crippen LogP contribution >= 0.6 is 11.6 Å². The molecule has 4 nitrogen and oxygen atoms in total. The Morgan fingerprint density at radius 1 is 1.18 bits per heavy atom. The lowest BCUT2D eigenvalue weighted by atomic mass is 10.0. The minimum atomic E-state index is -0.367. The van der Waals surface area contributed by atoms with Gasteiger partial charge < -0.3 is 5.32 Å². The molecule has 1 aliphatic rings. The minimum Gasteiger partial charge on any atom is -0.325 e. The predicted molar refractivity (Wildman–Crippen MR) is 83.9 cm³/mol. The molecule has 0 saturated carbocycles. The highest BCUT2D eigenvalue weighted by molar-refractivity contribution is 6.30. The van der Waals surface area contributed by atoms with Crippen LogP contribution in [0.25, 0.3) is 0 Å². The second kappa shape index (κ2) is 6.44. The molecule has 3 rings (SSSR count). The van der Waals surface area contributed by atoms with Crippen LogP contribution in [-0.2, 0) is 4.79 Å². The standard InChI is InChI=1S/C16H15ClFN3O/c17-11-2-1-3-13(8-11)19-16(22)15-9-14(20-21-15)10-4-6-12(18)7-5-10/h1-8,14-15,20-21H,9H2,(H,19,22). The van der Waals surface area contributed by atoms with Crippen LogP contribution in [0.3, 0.4) is 0 Å². The zero-order chi connectivity index (χ0) is 15.5. The van der Waals surface area contributed by atoms with E-state index in [0.29, 0.717) is 17.1 Å². The molecule has 1 aliphatic heterocycles. The van der Waals surface area contributed by atoms with Crippen molar-refractivity contribution in [2.45, 2.75) is 18.5 Å². The van der Waals surface area contributed by atoms with Gasteiger partial charge in [-0.05, 0) is 42.3 Å². The third kappa shape index (κ3) is 3.44. The van der Waals surface area contributed by atoms with E-state index >= 15 is 0 Å². The maximum absolute atomic E-state index is 12.9. The van der Waals surface area contributed by atoms with Crippen molar-refractivity contribution < 1.29 is 9.18 Å². The summed E-state index contributed by atoms with van der Waals surface area (Å²) in [5.41, 5.74) is 7.62. The number of nitrogens with one attached hydrogen (secondary N) is 3. The van der Waals surface area contributed by atoms with Crippen molar-refractivity contribution in [1.29, 1.82) is 0 Å². The van der Waals surface area contributed by atoms with Crippen LogP contribution < -0.4 is 16.2 Å². The Morgan fingerprint density at radius 3 is 2.68 bits per heavy atom. The number of anilines is 1. The van der Waals surface area contributed by atoms with E-state index in [4.69, 9.17) is 11.6 Å². The maximum atomic E-state index is 12.9. The summed E-state index contributed by atoms with van der Waals surface area (Å²) in [6.45, 7) is 0. The highest BCUT2D eigenvalue weighted by Crippen LogP contribution is 2.23. The van der Waals surface area contributed by atoms with Crippen LogP contribution in [-0.4, -0.2) is 11.9 Å². The number of halogens is 2. The molecule has 0 bridgehead atoms. The smallest absolute Gasteiger partial charge is 0.242 e. The lowest BCUT2D eigenvalue weighted by Crippen LogP contribution is -2.39. The Kier molecular flexibility index (Phi) is 4.38. The number of rotatable bonds is 3. The van der Waals surface area contributed by atoms with E-state index in [1.54, 1.807) is 36.4 Å². The van der Waals surface area contributed by atoms with Gasteiger partial charge in [-0.25, -0.2) is 15.2 Å². The number of hydrogen-bond donors (Lipinski definition) is 3. The minimum absolute atomic E-state index is 0.0317. The molecule has 0 aromatic heterocycles. The van der Waals surface area contributed by atoms with Gasteiger partial charge in [0.1, 0.15) is 11.9 Å². The zero-order valence-corrected chi connectivity index (χ0v) is 12.4. The third-order valence-corrected chi connectivity index (χ3v) is 3.82. The van der Waals surface area contributed by atoms with E-state index in [0.717, 1.165) is 5.56 Å². The SMILES string of the molecule is O=C(Nc1cccc(Cl)c1)C1CC(c2ccc(F)cc2)NN1. The van der Waals surface area contributed by atoms with Crippen molar-refractivity contribution in [3.63, 3.8) is 0 Å². The van der Waals surface area contributed by atoms with Crippen LogP contribution in [0.15, 0.2) is 48.5 Å². The third-order valence-electron chi connectivity index (χ3n) is 3.58. The lowest BCUT2D eigenvalue weighted by molar-refractivity contribution is -0.117. The molecular weight excluding hydrogens is 305 g/mol. The largest absolute Gasteiger partial charge is 0.325 e. The molecule has 0 aliphatic carbocycles. The van der Waals surface area contributed by atoms with Gasteiger partial charge in [-0.3, -0.25) is 4.79 Å². The number of amides is 1. The average Bonchev–Trinajstić information content (AvgIpc) is 2.98. The van der Waals surface area contributed by atoms with Crippen molar-refractivity contribution in [2.75, 3.05) is 5.32 Å². The first-order valence-electron chi connectivity index (χ1n) is 6.95. The van der Waals surface area contributed by atoms with Gasteiger partial charge in [0.15, 0.2) is 0 Å². The molecule has 1 fully saturated rings. The summed E-state index contributed by atoms with van der Waals surface area (Å²) in [6, 6.07) is 12.9. The van der Waals surface area contributed by atoms with Crippen molar-refractivity contribution in [3.05, 3.63) is 64.9 Å². The van der Waals surface area contributed by atoms with Crippen molar-refractivity contribution in [3.8, 4) is 0 Å². The van der Waals surface area contributed by atoms with Gasteiger partial charge in [0.2, 0.25) is 5.91 Å². The quantitative estimate of drug-likeness (QED) is 0.815. The Morgan fingerprint density at radius 2 is 1.95 bits per heavy atom. The van der Waals surface area contributed by atoms with Gasteiger partial charge in [-0.2, -0.15) is 0 Å². The molecule has 1 heterocycles. The molecule has 1 saturated heterocycles. The van der Waals surface area contributed by atoms with Crippen LogP contribution in [0.1, 0.15) is 18.0 Å². The van der Waals surface area contributed by atoms with Crippen molar-refractivity contribution >= 4 is 23.2 Å². The molecule has 2 atom stereocenters. The van der Waals surface area contributed by atoms with Crippen LogP contribution in [0.5, 0.6) is 0 Å². The summed E-state index contributed by atoms with van der Waals surface area (Å²) in [7, 11) is 0. The highest BCUT2D eigenvalue weighted by Gasteiger charge is 2.30. The van der Waals surface area contributed by atoms with E-state index in [9.17, 15) is 9.18 Å². The van der Waals surface area contributed by atoms with Crippen LogP contribution in [0.2, 0.25) is 5.02 Å². The average molecular weight is 320 g/mol. The molecule has 2 aromatic rings. The Balaban J connectivity index is 1.62. The Hall–Kier alpha value is -1.95. The zero-order valence-electron chi connectivity index (χ0n) is 11.6. The van der Waals surface area contributed by atoms with E-state index in [1.807, 2.05) is 0 Å². The Bertz CT molecular complexity index is 677. The number of benzene rings is 2. The first kappa shape index (κ1) is 15.0. The molecule has 114 valence electrons. The lowest BCUT2D eigenvalue weighted by Gasteiger charge is -2.11. The van der Waals surface area contributed by atoms with Gasteiger partial charge in [-0.15, -0.1) is 0 Å². The van der Waals surface area contributed by atoms with Crippen molar-refractivity contribution in [1.82, 2.24) is 10.9 Å². The fourth-order valence-electron chi connectivity index (χ4n) is 2.44. The summed E-state index contributed by atoms with van der Waals surface area (Å²) in [4.78, 5) is 12.2. The molecule has 2 unspecified atom stereocenters. The van der Waals surface area contributed by atoms with Gasteiger partial charge >= 0.3 is 0 Å². The molecule has 0 spiro atoms. The summed E-state index contributed by atoms with van der Waals surface area (Å²) >= 11 is 5.89. The summed E-state index contributed by atoms with van der Waals surface area (Å²) < 4.78 is 12.9. The van der Waals surface area contributed by atoms with Gasteiger partial charge in [-0.1, -0.05) is 29.8 Å². The molecule has 3 N–H and O–H groups in total. The van der Waals surface area contributed by atoms with Gasteiger partial charge in [0.25, 0.3) is 0 Å². The van der Waals surface area contributed by atoms with E-state index < -0.39 is 0 Å². The second-order valence-electron chi connectivity index (χ2n) is 5.18. The fraction of sp³-hybridized carbons (Fsp3) is 0.188. The molecule has 22 heavy (non-hydrogen) atoms. The summed E-state index contributed by atoms with van der Waals surface area (Å²) in [5, 5.41) is 3.39. The van der Waals surface area contributed by atoms with Crippen LogP contribution in [0, 0.1) is 5.82 Å². The van der Waals surface area contributed by atoms with Gasteiger partial charge in [0, 0.05) is 16.8 Å². The van der Waals surface area contributed by atoms with Gasteiger partial charge in [0.05, 0.1) is 0 Å². The molecular formula is C16H15ClFN3O. The second-order valence-corrected chi connectivity index (χ2v) is 5.62. The van der Waals surface area contributed by atoms with Crippen molar-refractivity contribution in [2.24, 2.45) is 0 Å². The molecule has 0 radical (unpaired) electrons. The number of carbonyl (C=O) groups is 1. The van der Waals surface area contributed by atoms with E-state index in [-0.39, 0.29) is 23.8 Å². The topological polar surface area (TPSA) is 53.2 Å². The van der Waals surface area contributed by atoms with E-state index in [2.05, 4.69) is 16.2 Å². The number of carbonyl (C=O) groups excluding carboxylic acids is 1. The monoisotopic (exact) mass is 319 g/mol. The molecule has 2 aromatic carbocycles. The van der Waals surface area contributed by atoms with E-state index in [1.165, 1.54) is 12.1 Å². The Labute approximate surface area is 132 Å². The normalized spacial score (nSPS) is 20.8. The molecule has 6 heteroatoms. The van der Waals surface area contributed by atoms with Crippen LogP contribution in [0.4, 0.5) is 10.1 Å².